The van der Waals surface area contributed by atoms with Gasteiger partial charge in [0.25, 0.3) is 0 Å². The minimum Gasteiger partial charge on any atom is -0.382 e. The molecule has 0 atom stereocenters. The monoisotopic (exact) mass is 162 g/mol. The SMILES string of the molecule is Cc1c[nH]c(-c2cc(N)n[nH]2)c1. The molecule has 2 heterocycles. The third-order valence-corrected chi connectivity index (χ3v) is 1.72. The number of hydrogen-bond donors (Lipinski definition) is 3. The van der Waals surface area contributed by atoms with E-state index in [0.29, 0.717) is 5.82 Å². The molecule has 0 aliphatic carbocycles. The van der Waals surface area contributed by atoms with Crippen LogP contribution < -0.4 is 5.73 Å². The molecule has 0 radical (unpaired) electrons. The predicted molar refractivity (Wildman–Crippen MR) is 47.5 cm³/mol. The van der Waals surface area contributed by atoms with Crippen LogP contribution in [0, 0.1) is 6.92 Å². The van der Waals surface area contributed by atoms with Gasteiger partial charge in [-0.15, -0.1) is 0 Å². The van der Waals surface area contributed by atoms with E-state index in [1.807, 2.05) is 19.2 Å². The quantitative estimate of drug-likeness (QED) is 0.591. The van der Waals surface area contributed by atoms with Crippen molar-refractivity contribution >= 4 is 5.82 Å². The Morgan fingerprint density at radius 2 is 2.17 bits per heavy atom. The minimum absolute atomic E-state index is 0.511. The molecule has 2 aromatic rings. The highest BCUT2D eigenvalue weighted by Gasteiger charge is 2.01. The lowest BCUT2D eigenvalue weighted by atomic mass is 10.3. The smallest absolute Gasteiger partial charge is 0.145 e. The average Bonchev–Trinajstić information content (AvgIpc) is 2.58. The fourth-order valence-electron chi connectivity index (χ4n) is 1.13. The van der Waals surface area contributed by atoms with Crippen molar-refractivity contribution in [3.8, 4) is 11.4 Å². The highest BCUT2D eigenvalue weighted by atomic mass is 15.2. The topological polar surface area (TPSA) is 70.5 Å². The van der Waals surface area contributed by atoms with Crippen molar-refractivity contribution in [1.29, 1.82) is 0 Å². The second-order valence-corrected chi connectivity index (χ2v) is 2.80. The number of aromatic amines is 2. The summed E-state index contributed by atoms with van der Waals surface area (Å²) in [4.78, 5) is 3.11. The summed E-state index contributed by atoms with van der Waals surface area (Å²) in [6.45, 7) is 2.03. The Bertz CT molecular complexity index is 347. The summed E-state index contributed by atoms with van der Waals surface area (Å²) in [6.07, 6.45) is 1.94. The fraction of sp³-hybridized carbons (Fsp3) is 0.125. The van der Waals surface area contributed by atoms with Crippen molar-refractivity contribution in [3.05, 3.63) is 23.9 Å². The van der Waals surface area contributed by atoms with Crippen LogP contribution in [0.1, 0.15) is 5.56 Å². The molecular formula is C8H10N4. The van der Waals surface area contributed by atoms with E-state index >= 15 is 0 Å². The van der Waals surface area contributed by atoms with Crippen molar-refractivity contribution < 1.29 is 0 Å². The molecule has 0 aliphatic heterocycles. The molecular weight excluding hydrogens is 152 g/mol. The molecule has 4 nitrogen and oxygen atoms in total. The third-order valence-electron chi connectivity index (χ3n) is 1.72. The maximum absolute atomic E-state index is 5.47. The molecule has 0 aromatic carbocycles. The summed E-state index contributed by atoms with van der Waals surface area (Å²) in [6, 6.07) is 3.83. The molecule has 2 aromatic heterocycles. The maximum atomic E-state index is 5.47. The van der Waals surface area contributed by atoms with Crippen molar-refractivity contribution in [2.75, 3.05) is 5.73 Å². The van der Waals surface area contributed by atoms with E-state index in [9.17, 15) is 0 Å². The van der Waals surface area contributed by atoms with Crippen LogP contribution >= 0.6 is 0 Å². The van der Waals surface area contributed by atoms with Gasteiger partial charge in [0.2, 0.25) is 0 Å². The minimum atomic E-state index is 0.511. The van der Waals surface area contributed by atoms with Crippen LogP contribution in [0.3, 0.4) is 0 Å². The number of aryl methyl sites for hydroxylation is 1. The van der Waals surface area contributed by atoms with Gasteiger partial charge >= 0.3 is 0 Å². The molecule has 0 saturated carbocycles. The predicted octanol–water partition coefficient (Wildman–Crippen LogP) is 1.30. The van der Waals surface area contributed by atoms with Crippen LogP contribution in [0.5, 0.6) is 0 Å². The van der Waals surface area contributed by atoms with Gasteiger partial charge in [0.05, 0.1) is 11.4 Å². The first-order valence-corrected chi connectivity index (χ1v) is 3.72. The van der Waals surface area contributed by atoms with Crippen LogP contribution in [0.25, 0.3) is 11.4 Å². The van der Waals surface area contributed by atoms with Crippen molar-refractivity contribution in [2.45, 2.75) is 6.92 Å². The maximum Gasteiger partial charge on any atom is 0.145 e. The van der Waals surface area contributed by atoms with E-state index in [1.54, 1.807) is 6.07 Å². The highest BCUT2D eigenvalue weighted by molar-refractivity contribution is 5.58. The van der Waals surface area contributed by atoms with Crippen molar-refractivity contribution in [3.63, 3.8) is 0 Å². The summed E-state index contributed by atoms with van der Waals surface area (Å²) in [5, 5.41) is 6.66. The van der Waals surface area contributed by atoms with Gasteiger partial charge in [-0.1, -0.05) is 0 Å². The molecule has 4 heteroatoms. The molecule has 0 aliphatic rings. The molecule has 4 N–H and O–H groups in total. The van der Waals surface area contributed by atoms with Crippen LogP contribution in [-0.2, 0) is 0 Å². The van der Waals surface area contributed by atoms with Gasteiger partial charge < -0.3 is 10.7 Å². The first kappa shape index (κ1) is 6.97. The molecule has 0 amide bonds. The summed E-state index contributed by atoms with van der Waals surface area (Å²) in [5.41, 5.74) is 8.59. The molecule has 0 bridgehead atoms. The van der Waals surface area contributed by atoms with Gasteiger partial charge in [0.15, 0.2) is 0 Å². The molecule has 0 fully saturated rings. The first-order chi connectivity index (χ1) is 5.75. The largest absolute Gasteiger partial charge is 0.382 e. The Labute approximate surface area is 69.8 Å². The molecule has 0 spiro atoms. The number of H-pyrrole nitrogens is 2. The Morgan fingerprint density at radius 1 is 1.33 bits per heavy atom. The molecule has 12 heavy (non-hydrogen) atoms. The van der Waals surface area contributed by atoms with E-state index in [0.717, 1.165) is 11.4 Å². The number of nitrogens with two attached hydrogens (primary N) is 1. The number of nitrogen functional groups attached to an aromatic ring is 1. The number of anilines is 1. The zero-order valence-electron chi connectivity index (χ0n) is 6.76. The van der Waals surface area contributed by atoms with Crippen LogP contribution in [-0.4, -0.2) is 15.2 Å². The van der Waals surface area contributed by atoms with Gasteiger partial charge in [0.1, 0.15) is 5.82 Å². The third kappa shape index (κ3) is 1.07. The lowest BCUT2D eigenvalue weighted by molar-refractivity contribution is 1.10. The van der Waals surface area contributed by atoms with Gasteiger partial charge in [0, 0.05) is 12.3 Å². The summed E-state index contributed by atoms with van der Waals surface area (Å²) < 4.78 is 0. The molecule has 2 rings (SSSR count). The first-order valence-electron chi connectivity index (χ1n) is 3.72. The van der Waals surface area contributed by atoms with E-state index in [-0.39, 0.29) is 0 Å². The second-order valence-electron chi connectivity index (χ2n) is 2.80. The van der Waals surface area contributed by atoms with Crippen LogP contribution in [0.4, 0.5) is 5.82 Å². The van der Waals surface area contributed by atoms with Crippen molar-refractivity contribution in [1.82, 2.24) is 15.2 Å². The number of rotatable bonds is 1. The molecule has 0 unspecified atom stereocenters. The summed E-state index contributed by atoms with van der Waals surface area (Å²) >= 11 is 0. The Hall–Kier alpha value is -1.71. The van der Waals surface area contributed by atoms with Gasteiger partial charge in [-0.05, 0) is 18.6 Å². The Kier molecular flexibility index (Phi) is 1.40. The van der Waals surface area contributed by atoms with Crippen LogP contribution in [0.15, 0.2) is 18.3 Å². The average molecular weight is 162 g/mol. The number of aromatic nitrogens is 3. The standard InChI is InChI=1S/C8H10N4/c1-5-2-6(10-4-5)7-3-8(9)12-11-7/h2-4,10H,1H3,(H3,9,11,12). The highest BCUT2D eigenvalue weighted by Crippen LogP contribution is 2.17. The number of nitrogens with zero attached hydrogens (tertiary/aromatic N) is 1. The van der Waals surface area contributed by atoms with Gasteiger partial charge in [-0.2, -0.15) is 5.10 Å². The molecule has 0 saturated heterocycles. The zero-order chi connectivity index (χ0) is 8.55. The number of hydrogen-bond acceptors (Lipinski definition) is 2. The lowest BCUT2D eigenvalue weighted by Gasteiger charge is -1.87. The normalized spacial score (nSPS) is 10.4. The summed E-state index contributed by atoms with van der Waals surface area (Å²) in [7, 11) is 0. The Morgan fingerprint density at radius 3 is 2.67 bits per heavy atom. The summed E-state index contributed by atoms with van der Waals surface area (Å²) in [5.74, 6) is 0.511. The van der Waals surface area contributed by atoms with E-state index < -0.39 is 0 Å². The van der Waals surface area contributed by atoms with Gasteiger partial charge in [-0.3, -0.25) is 5.10 Å². The Balaban J connectivity index is 2.43. The second kappa shape index (κ2) is 2.41. The number of nitrogens with one attached hydrogen (secondary N) is 2. The van der Waals surface area contributed by atoms with Gasteiger partial charge in [-0.25, -0.2) is 0 Å². The fourth-order valence-corrected chi connectivity index (χ4v) is 1.13. The van der Waals surface area contributed by atoms with Crippen molar-refractivity contribution in [2.24, 2.45) is 0 Å². The molecule has 62 valence electrons. The van der Waals surface area contributed by atoms with E-state index in [2.05, 4.69) is 15.2 Å². The lowest BCUT2D eigenvalue weighted by Crippen LogP contribution is -1.81. The van der Waals surface area contributed by atoms with Crippen LogP contribution in [0.2, 0.25) is 0 Å². The zero-order valence-corrected chi connectivity index (χ0v) is 6.76. The van der Waals surface area contributed by atoms with E-state index in [4.69, 9.17) is 5.73 Å². The van der Waals surface area contributed by atoms with E-state index in [1.165, 1.54) is 5.56 Å².